The molecule has 4 heteroatoms. The predicted octanol–water partition coefficient (Wildman–Crippen LogP) is 2.55. The summed E-state index contributed by atoms with van der Waals surface area (Å²) in [4.78, 5) is 12.5. The Morgan fingerprint density at radius 3 is 1.62 bits per heavy atom. The average Bonchev–Trinajstić information content (AvgIpc) is 2.11. The van der Waals surface area contributed by atoms with E-state index in [0.717, 1.165) is 0 Å². The second-order valence-corrected chi connectivity index (χ2v) is 4.78. The fourth-order valence-electron chi connectivity index (χ4n) is 1.80. The van der Waals surface area contributed by atoms with Gasteiger partial charge in [-0.25, -0.2) is 4.98 Å². The summed E-state index contributed by atoms with van der Waals surface area (Å²) in [6.07, 6.45) is 0.140. The van der Waals surface area contributed by atoms with Gasteiger partial charge in [0.1, 0.15) is 17.8 Å². The first-order valence-corrected chi connectivity index (χ1v) is 5.76. The van der Waals surface area contributed by atoms with Gasteiger partial charge in [-0.15, -0.1) is 0 Å². The smallest absolute Gasteiger partial charge is 0.320 e. The van der Waals surface area contributed by atoms with E-state index in [1.165, 1.54) is 0 Å². The maximum Gasteiger partial charge on any atom is 0.320 e. The molecule has 0 spiro atoms. The first-order valence-electron chi connectivity index (χ1n) is 5.76. The maximum atomic E-state index is 5.84. The van der Waals surface area contributed by atoms with Gasteiger partial charge in [0.15, 0.2) is 0 Å². The summed E-state index contributed by atoms with van der Waals surface area (Å²) >= 11 is 0. The van der Waals surface area contributed by atoms with Crippen molar-refractivity contribution < 1.29 is 4.74 Å². The monoisotopic (exact) mass is 223 g/mol. The van der Waals surface area contributed by atoms with Gasteiger partial charge in [-0.2, -0.15) is 9.97 Å². The maximum absolute atomic E-state index is 5.84. The van der Waals surface area contributed by atoms with Crippen molar-refractivity contribution in [3.8, 4) is 6.01 Å². The molecule has 1 aromatic heterocycles. The second kappa shape index (κ2) is 5.23. The molecule has 1 aromatic rings. The normalized spacial score (nSPS) is 11.6. The highest BCUT2D eigenvalue weighted by Crippen LogP contribution is 2.18. The van der Waals surface area contributed by atoms with Crippen LogP contribution >= 0.6 is 0 Å². The third-order valence-corrected chi connectivity index (χ3v) is 2.39. The predicted molar refractivity (Wildman–Crippen MR) is 63.4 cm³/mol. The molecule has 0 aliphatic heterocycles. The highest BCUT2D eigenvalue weighted by molar-refractivity contribution is 5.00. The Morgan fingerprint density at radius 1 is 0.812 bits per heavy atom. The lowest BCUT2D eigenvalue weighted by molar-refractivity contribution is 0.0931. The number of hydrogen-bond acceptors (Lipinski definition) is 4. The molecule has 90 valence electrons. The molecule has 1 heterocycles. The van der Waals surface area contributed by atoms with Crippen molar-refractivity contribution >= 4 is 0 Å². The highest BCUT2D eigenvalue weighted by Gasteiger charge is 2.20. The molecule has 0 saturated heterocycles. The van der Waals surface area contributed by atoms with Crippen molar-refractivity contribution in [2.45, 2.75) is 47.6 Å². The van der Waals surface area contributed by atoms with E-state index in [1.807, 2.05) is 13.8 Å². The SMILES string of the molecule is Cc1nc(C)nc(OC(C(C)C)C(C)C)n1. The zero-order chi connectivity index (χ0) is 12.3. The summed E-state index contributed by atoms with van der Waals surface area (Å²) in [7, 11) is 0. The van der Waals surface area contributed by atoms with E-state index in [0.29, 0.717) is 29.5 Å². The highest BCUT2D eigenvalue weighted by atomic mass is 16.5. The van der Waals surface area contributed by atoms with Crippen LogP contribution in [0.15, 0.2) is 0 Å². The minimum atomic E-state index is 0.140. The van der Waals surface area contributed by atoms with Crippen LogP contribution in [0.1, 0.15) is 39.3 Å². The fraction of sp³-hybridized carbons (Fsp3) is 0.750. The van der Waals surface area contributed by atoms with Crippen LogP contribution in [-0.4, -0.2) is 21.1 Å². The molecule has 0 N–H and O–H groups in total. The Bertz CT molecular complexity index is 322. The van der Waals surface area contributed by atoms with Crippen molar-refractivity contribution in [2.24, 2.45) is 11.8 Å². The molecule has 0 aliphatic carbocycles. The second-order valence-electron chi connectivity index (χ2n) is 4.78. The Morgan fingerprint density at radius 2 is 1.25 bits per heavy atom. The summed E-state index contributed by atoms with van der Waals surface area (Å²) in [6, 6.07) is 0.442. The molecular formula is C12H21N3O. The Kier molecular flexibility index (Phi) is 4.21. The van der Waals surface area contributed by atoms with Crippen LogP contribution in [0.3, 0.4) is 0 Å². The third-order valence-electron chi connectivity index (χ3n) is 2.39. The molecule has 0 bridgehead atoms. The van der Waals surface area contributed by atoms with E-state index < -0.39 is 0 Å². The first-order chi connectivity index (χ1) is 7.40. The molecule has 0 fully saturated rings. The lowest BCUT2D eigenvalue weighted by Gasteiger charge is -2.24. The van der Waals surface area contributed by atoms with Gasteiger partial charge in [0.25, 0.3) is 0 Å². The number of nitrogens with zero attached hydrogens (tertiary/aromatic N) is 3. The number of hydrogen-bond donors (Lipinski definition) is 0. The van der Waals surface area contributed by atoms with Gasteiger partial charge >= 0.3 is 6.01 Å². The summed E-state index contributed by atoms with van der Waals surface area (Å²) in [5.74, 6) is 2.29. The molecule has 4 nitrogen and oxygen atoms in total. The molecule has 0 aromatic carbocycles. The van der Waals surface area contributed by atoms with Crippen molar-refractivity contribution in [1.29, 1.82) is 0 Å². The van der Waals surface area contributed by atoms with E-state index in [-0.39, 0.29) is 6.10 Å². The van der Waals surface area contributed by atoms with Crippen LogP contribution in [0.25, 0.3) is 0 Å². The van der Waals surface area contributed by atoms with Crippen molar-refractivity contribution in [1.82, 2.24) is 15.0 Å². The zero-order valence-electron chi connectivity index (χ0n) is 11.0. The fourth-order valence-corrected chi connectivity index (χ4v) is 1.80. The van der Waals surface area contributed by atoms with Gasteiger partial charge in [0, 0.05) is 0 Å². The Hall–Kier alpha value is -1.19. The third kappa shape index (κ3) is 3.43. The van der Waals surface area contributed by atoms with Gasteiger partial charge in [0.05, 0.1) is 0 Å². The Labute approximate surface area is 97.5 Å². The molecule has 0 saturated carbocycles. The minimum Gasteiger partial charge on any atom is -0.460 e. The van der Waals surface area contributed by atoms with Gasteiger partial charge < -0.3 is 4.74 Å². The van der Waals surface area contributed by atoms with Crippen LogP contribution in [-0.2, 0) is 0 Å². The van der Waals surface area contributed by atoms with Gasteiger partial charge in [-0.1, -0.05) is 27.7 Å². The molecule has 0 radical (unpaired) electrons. The zero-order valence-corrected chi connectivity index (χ0v) is 11.0. The summed E-state index contributed by atoms with van der Waals surface area (Å²) in [6.45, 7) is 12.3. The number of ether oxygens (including phenoxy) is 1. The van der Waals surface area contributed by atoms with Crippen LogP contribution in [0.5, 0.6) is 6.01 Å². The largest absolute Gasteiger partial charge is 0.460 e. The molecular weight excluding hydrogens is 202 g/mol. The van der Waals surface area contributed by atoms with E-state index in [1.54, 1.807) is 0 Å². The van der Waals surface area contributed by atoms with Gasteiger partial charge in [0.2, 0.25) is 0 Å². The van der Waals surface area contributed by atoms with Gasteiger partial charge in [-0.3, -0.25) is 0 Å². The quantitative estimate of drug-likeness (QED) is 0.787. The van der Waals surface area contributed by atoms with E-state index in [2.05, 4.69) is 42.6 Å². The van der Waals surface area contributed by atoms with E-state index in [9.17, 15) is 0 Å². The standard InChI is InChI=1S/C12H21N3O/c1-7(2)11(8(3)4)16-12-14-9(5)13-10(6)15-12/h7-8,11H,1-6H3. The van der Waals surface area contributed by atoms with Crippen molar-refractivity contribution in [2.75, 3.05) is 0 Å². The average molecular weight is 223 g/mol. The number of aromatic nitrogens is 3. The topological polar surface area (TPSA) is 47.9 Å². The van der Waals surface area contributed by atoms with Crippen LogP contribution < -0.4 is 4.74 Å². The molecule has 16 heavy (non-hydrogen) atoms. The Balaban J connectivity index is 2.85. The number of rotatable bonds is 4. The van der Waals surface area contributed by atoms with Crippen molar-refractivity contribution in [3.05, 3.63) is 11.6 Å². The number of aryl methyl sites for hydroxylation is 2. The molecule has 0 unspecified atom stereocenters. The van der Waals surface area contributed by atoms with Crippen molar-refractivity contribution in [3.63, 3.8) is 0 Å². The lowest BCUT2D eigenvalue weighted by Crippen LogP contribution is -2.29. The van der Waals surface area contributed by atoms with Gasteiger partial charge in [-0.05, 0) is 25.7 Å². The van der Waals surface area contributed by atoms with E-state index >= 15 is 0 Å². The summed E-state index contributed by atoms with van der Waals surface area (Å²) in [5, 5.41) is 0. The minimum absolute atomic E-state index is 0.140. The van der Waals surface area contributed by atoms with Crippen LogP contribution in [0.2, 0.25) is 0 Å². The van der Waals surface area contributed by atoms with Crippen LogP contribution in [0.4, 0.5) is 0 Å². The van der Waals surface area contributed by atoms with E-state index in [4.69, 9.17) is 4.74 Å². The summed E-state index contributed by atoms with van der Waals surface area (Å²) < 4.78 is 5.84. The molecule has 0 aliphatic rings. The molecule has 0 atom stereocenters. The van der Waals surface area contributed by atoms with Crippen LogP contribution in [0, 0.1) is 25.7 Å². The first kappa shape index (κ1) is 12.9. The molecule has 0 amide bonds. The molecule has 1 rings (SSSR count). The summed E-state index contributed by atoms with van der Waals surface area (Å²) in [5.41, 5.74) is 0. The lowest BCUT2D eigenvalue weighted by atomic mass is 9.96.